The van der Waals surface area contributed by atoms with Crippen LogP contribution >= 0.6 is 15.9 Å². The molecular weight excluding hydrogens is 296 g/mol. The second-order valence-corrected chi connectivity index (χ2v) is 4.56. The molecule has 0 aliphatic rings. The third-order valence-electron chi connectivity index (χ3n) is 2.39. The molecule has 0 saturated heterocycles. The molecule has 0 bridgehead atoms. The Balaban J connectivity index is 2.02. The van der Waals surface area contributed by atoms with Gasteiger partial charge >= 0.3 is 0 Å². The van der Waals surface area contributed by atoms with E-state index in [1.165, 1.54) is 6.07 Å². The molecule has 1 heterocycles. The molecular formula is C13H11BrN2O2. The predicted molar refractivity (Wildman–Crippen MR) is 71.2 cm³/mol. The Morgan fingerprint density at radius 1 is 1.39 bits per heavy atom. The molecule has 0 fully saturated rings. The van der Waals surface area contributed by atoms with Crippen molar-refractivity contribution in [2.45, 2.75) is 6.54 Å². The fraction of sp³-hybridized carbons (Fsp3) is 0.0769. The van der Waals surface area contributed by atoms with Gasteiger partial charge in [-0.2, -0.15) is 0 Å². The lowest BCUT2D eigenvalue weighted by Crippen LogP contribution is -2.22. The van der Waals surface area contributed by atoms with E-state index in [1.807, 2.05) is 12.1 Å². The Morgan fingerprint density at radius 3 is 2.89 bits per heavy atom. The van der Waals surface area contributed by atoms with E-state index in [-0.39, 0.29) is 11.7 Å². The number of amides is 1. The Bertz CT molecular complexity index is 558. The maximum absolute atomic E-state index is 11.8. The summed E-state index contributed by atoms with van der Waals surface area (Å²) in [6.45, 7) is 0.422. The van der Waals surface area contributed by atoms with Gasteiger partial charge in [-0.25, -0.2) is 0 Å². The Kier molecular flexibility index (Phi) is 3.94. The minimum Gasteiger partial charge on any atom is -0.507 e. The van der Waals surface area contributed by atoms with Gasteiger partial charge in [0, 0.05) is 24.5 Å². The number of phenolic OH excluding ortho intramolecular Hbond substituents is 1. The number of nitrogens with one attached hydrogen (secondary N) is 1. The summed E-state index contributed by atoms with van der Waals surface area (Å²) in [6, 6.07) is 8.33. The predicted octanol–water partition coefficient (Wildman–Crippen LogP) is 2.48. The van der Waals surface area contributed by atoms with Gasteiger partial charge in [-0.1, -0.05) is 6.07 Å². The molecule has 92 valence electrons. The summed E-state index contributed by atoms with van der Waals surface area (Å²) in [6.07, 6.45) is 3.38. The molecule has 18 heavy (non-hydrogen) atoms. The number of halogens is 1. The normalized spacial score (nSPS) is 10.1. The van der Waals surface area contributed by atoms with Gasteiger partial charge in [0.1, 0.15) is 5.75 Å². The minimum absolute atomic E-state index is 0.110. The SMILES string of the molecule is O=C(NCc1cccnc1)c1ccc(O)c(Br)c1. The van der Waals surface area contributed by atoms with Gasteiger partial charge in [0.05, 0.1) is 4.47 Å². The highest BCUT2D eigenvalue weighted by Gasteiger charge is 2.07. The number of nitrogens with zero attached hydrogens (tertiary/aromatic N) is 1. The zero-order valence-electron chi connectivity index (χ0n) is 9.43. The number of phenols is 1. The molecule has 0 aliphatic carbocycles. The first-order chi connectivity index (χ1) is 8.66. The van der Waals surface area contributed by atoms with Crippen LogP contribution in [-0.4, -0.2) is 16.0 Å². The van der Waals surface area contributed by atoms with Crippen molar-refractivity contribution < 1.29 is 9.90 Å². The van der Waals surface area contributed by atoms with Crippen molar-refractivity contribution in [1.29, 1.82) is 0 Å². The molecule has 0 spiro atoms. The Labute approximate surface area is 113 Å². The van der Waals surface area contributed by atoms with Crippen LogP contribution in [0.15, 0.2) is 47.2 Å². The molecule has 2 aromatic rings. The van der Waals surface area contributed by atoms with Crippen molar-refractivity contribution in [1.82, 2.24) is 10.3 Å². The van der Waals surface area contributed by atoms with Crippen molar-refractivity contribution in [2.24, 2.45) is 0 Å². The van der Waals surface area contributed by atoms with Crippen LogP contribution in [0.1, 0.15) is 15.9 Å². The summed E-state index contributed by atoms with van der Waals surface area (Å²) in [7, 11) is 0. The lowest BCUT2D eigenvalue weighted by Gasteiger charge is -2.06. The van der Waals surface area contributed by atoms with Crippen molar-refractivity contribution in [2.75, 3.05) is 0 Å². The first-order valence-electron chi connectivity index (χ1n) is 5.32. The quantitative estimate of drug-likeness (QED) is 0.916. The van der Waals surface area contributed by atoms with Crippen LogP contribution in [-0.2, 0) is 6.54 Å². The highest BCUT2D eigenvalue weighted by Crippen LogP contribution is 2.24. The minimum atomic E-state index is -0.195. The van der Waals surface area contributed by atoms with E-state index in [2.05, 4.69) is 26.2 Å². The van der Waals surface area contributed by atoms with Crippen molar-refractivity contribution in [3.05, 3.63) is 58.3 Å². The Hall–Kier alpha value is -1.88. The van der Waals surface area contributed by atoms with Crippen LogP contribution in [0.4, 0.5) is 0 Å². The summed E-state index contributed by atoms with van der Waals surface area (Å²) >= 11 is 3.17. The lowest BCUT2D eigenvalue weighted by atomic mass is 10.2. The van der Waals surface area contributed by atoms with E-state index in [4.69, 9.17) is 0 Å². The first-order valence-corrected chi connectivity index (χ1v) is 6.12. The van der Waals surface area contributed by atoms with Crippen molar-refractivity contribution >= 4 is 21.8 Å². The summed E-state index contributed by atoms with van der Waals surface area (Å²) in [4.78, 5) is 15.8. The van der Waals surface area contributed by atoms with E-state index in [1.54, 1.807) is 24.5 Å². The summed E-state index contributed by atoms with van der Waals surface area (Å²) in [5, 5.41) is 12.1. The highest BCUT2D eigenvalue weighted by molar-refractivity contribution is 9.10. The van der Waals surface area contributed by atoms with Gasteiger partial charge in [-0.05, 0) is 45.8 Å². The van der Waals surface area contributed by atoms with E-state index >= 15 is 0 Å². The number of hydrogen-bond acceptors (Lipinski definition) is 3. The number of aromatic nitrogens is 1. The number of aromatic hydroxyl groups is 1. The van der Waals surface area contributed by atoms with Gasteiger partial charge in [0.2, 0.25) is 0 Å². The second kappa shape index (κ2) is 5.64. The van der Waals surface area contributed by atoms with Crippen LogP contribution in [0.2, 0.25) is 0 Å². The fourth-order valence-corrected chi connectivity index (χ4v) is 1.81. The molecule has 1 aromatic carbocycles. The smallest absolute Gasteiger partial charge is 0.251 e. The van der Waals surface area contributed by atoms with E-state index < -0.39 is 0 Å². The molecule has 2 N–H and O–H groups in total. The third-order valence-corrected chi connectivity index (χ3v) is 3.02. The molecule has 5 heteroatoms. The maximum Gasteiger partial charge on any atom is 0.251 e. The topological polar surface area (TPSA) is 62.2 Å². The summed E-state index contributed by atoms with van der Waals surface area (Å²) in [5.41, 5.74) is 1.42. The molecule has 0 unspecified atom stereocenters. The number of pyridine rings is 1. The van der Waals surface area contributed by atoms with Crippen LogP contribution in [0.3, 0.4) is 0 Å². The number of hydrogen-bond donors (Lipinski definition) is 2. The average Bonchev–Trinajstić information content (AvgIpc) is 2.40. The van der Waals surface area contributed by atoms with Crippen molar-refractivity contribution in [3.8, 4) is 5.75 Å². The molecule has 2 rings (SSSR count). The Morgan fingerprint density at radius 2 is 2.22 bits per heavy atom. The molecule has 1 aromatic heterocycles. The lowest BCUT2D eigenvalue weighted by molar-refractivity contribution is 0.0951. The van der Waals surface area contributed by atoms with E-state index in [9.17, 15) is 9.90 Å². The fourth-order valence-electron chi connectivity index (χ4n) is 1.44. The highest BCUT2D eigenvalue weighted by atomic mass is 79.9. The number of carbonyl (C=O) groups is 1. The van der Waals surface area contributed by atoms with Gasteiger partial charge in [-0.3, -0.25) is 9.78 Å². The zero-order chi connectivity index (χ0) is 13.0. The van der Waals surface area contributed by atoms with Gasteiger partial charge in [-0.15, -0.1) is 0 Å². The summed E-state index contributed by atoms with van der Waals surface area (Å²) in [5.74, 6) is -0.0848. The van der Waals surface area contributed by atoms with Gasteiger partial charge < -0.3 is 10.4 Å². The third kappa shape index (κ3) is 3.07. The zero-order valence-corrected chi connectivity index (χ0v) is 11.0. The second-order valence-electron chi connectivity index (χ2n) is 3.71. The number of carbonyl (C=O) groups excluding carboxylic acids is 1. The molecule has 4 nitrogen and oxygen atoms in total. The van der Waals surface area contributed by atoms with Gasteiger partial charge in [0.25, 0.3) is 5.91 Å². The molecule has 1 amide bonds. The maximum atomic E-state index is 11.8. The van der Waals surface area contributed by atoms with Crippen LogP contribution < -0.4 is 5.32 Å². The van der Waals surface area contributed by atoms with E-state index in [0.29, 0.717) is 16.6 Å². The molecule has 0 atom stereocenters. The molecule has 0 radical (unpaired) electrons. The standard InChI is InChI=1S/C13H11BrN2O2/c14-11-6-10(3-4-12(11)17)13(18)16-8-9-2-1-5-15-7-9/h1-7,17H,8H2,(H,16,18). The largest absolute Gasteiger partial charge is 0.507 e. The van der Waals surface area contributed by atoms with Crippen LogP contribution in [0, 0.1) is 0 Å². The van der Waals surface area contributed by atoms with Gasteiger partial charge in [0.15, 0.2) is 0 Å². The molecule has 0 saturated carbocycles. The number of benzene rings is 1. The van der Waals surface area contributed by atoms with Crippen molar-refractivity contribution in [3.63, 3.8) is 0 Å². The molecule has 0 aliphatic heterocycles. The first kappa shape index (κ1) is 12.6. The number of rotatable bonds is 3. The van der Waals surface area contributed by atoms with Crippen LogP contribution in [0.5, 0.6) is 5.75 Å². The van der Waals surface area contributed by atoms with E-state index in [0.717, 1.165) is 5.56 Å². The average molecular weight is 307 g/mol. The monoisotopic (exact) mass is 306 g/mol. The van der Waals surface area contributed by atoms with Crippen LogP contribution in [0.25, 0.3) is 0 Å². The summed E-state index contributed by atoms with van der Waals surface area (Å²) < 4.78 is 0.497.